The molecule has 0 heterocycles. The second kappa shape index (κ2) is 31.2. The number of phenols is 4. The van der Waals surface area contributed by atoms with Gasteiger partial charge in [-0.2, -0.15) is 0 Å². The summed E-state index contributed by atoms with van der Waals surface area (Å²) in [5.74, 6) is -12.7. The lowest BCUT2D eigenvalue weighted by Crippen LogP contribution is -2.53. The Morgan fingerprint density at radius 2 is 0.905 bits per heavy atom. The predicted molar refractivity (Wildman–Crippen MR) is 257 cm³/mol. The van der Waals surface area contributed by atoms with Crippen molar-refractivity contribution in [3.8, 4) is 23.0 Å². The Labute approximate surface area is 420 Å². The van der Waals surface area contributed by atoms with E-state index in [-0.39, 0.29) is 79.7 Å². The molecule has 2 aromatic carbocycles. The van der Waals surface area contributed by atoms with Crippen LogP contribution in [0.5, 0.6) is 23.0 Å². The number of aliphatic hydroxyl groups is 1. The van der Waals surface area contributed by atoms with E-state index in [2.05, 4.69) is 52.5 Å². The number of amides is 10. The zero-order chi connectivity index (χ0) is 55.5. The van der Waals surface area contributed by atoms with Crippen LogP contribution in [0.3, 0.4) is 0 Å². The number of hydrogen-bond donors (Lipinski definition) is 19. The predicted octanol–water partition coefficient (Wildman–Crippen LogP) is -7.58. The number of phenolic OH excluding ortho intramolecular Hbond substituents is 4. The largest absolute Gasteiger partial charge is 0.504 e. The van der Waals surface area contributed by atoms with Crippen molar-refractivity contribution in [2.75, 3.05) is 52.4 Å². The number of para-hydroxylation sites is 2. The number of hydroxylamine groups is 2. The molecule has 0 aliphatic carbocycles. The molecule has 0 saturated heterocycles. The number of carbonyl (C=O) groups excluding carboxylic acids is 10. The molecule has 406 valence electrons. The molecule has 4 atom stereocenters. The fraction of sp³-hybridized carbons (Fsp3) is 0.429. The summed E-state index contributed by atoms with van der Waals surface area (Å²) in [6, 6.07) is 1.48. The van der Waals surface area contributed by atoms with Crippen LogP contribution in [0, 0.1) is 0 Å². The lowest BCUT2D eigenvalue weighted by Gasteiger charge is -2.22. The molecule has 0 fully saturated rings. The molecule has 0 bridgehead atoms. The van der Waals surface area contributed by atoms with Gasteiger partial charge in [0.2, 0.25) is 41.4 Å². The SMILES string of the molecule is NC(=O)C(CCCN(O)C(=O)C(CO)NC(=O)CNC(=O)CNC(=O)C(CCCN=C(N)N)NC(=O)c1cccc(O)c1O)NC(=O)CNC(=O)CNC(=O)C(CCCN=C(N)N)NC(=O)c1cccc(O)c1O. The fourth-order valence-electron chi connectivity index (χ4n) is 6.21. The van der Waals surface area contributed by atoms with Crippen molar-refractivity contribution in [3.63, 3.8) is 0 Å². The van der Waals surface area contributed by atoms with E-state index in [0.29, 0.717) is 0 Å². The molecule has 0 aliphatic rings. The first-order chi connectivity index (χ1) is 34.9. The van der Waals surface area contributed by atoms with Crippen molar-refractivity contribution < 1.29 is 78.7 Å². The van der Waals surface area contributed by atoms with Crippen LogP contribution in [0.4, 0.5) is 0 Å². The van der Waals surface area contributed by atoms with Gasteiger partial charge in [0.05, 0.1) is 43.9 Å². The van der Waals surface area contributed by atoms with Crippen molar-refractivity contribution in [3.05, 3.63) is 47.5 Å². The van der Waals surface area contributed by atoms with Crippen LogP contribution in [-0.2, 0) is 38.4 Å². The number of nitrogens with zero attached hydrogens (tertiary/aromatic N) is 3. The quantitative estimate of drug-likeness (QED) is 0.00833. The Bertz CT molecular complexity index is 2400. The molecule has 4 unspecified atom stereocenters. The highest BCUT2D eigenvalue weighted by Crippen LogP contribution is 2.29. The number of aliphatic imine (C=N–C) groups is 2. The topological polar surface area (TPSA) is 546 Å². The minimum Gasteiger partial charge on any atom is -0.504 e. The van der Waals surface area contributed by atoms with Gasteiger partial charge in [-0.25, -0.2) is 5.06 Å². The van der Waals surface area contributed by atoms with Gasteiger partial charge in [0.25, 0.3) is 17.7 Å². The van der Waals surface area contributed by atoms with E-state index < -0.39 is 146 Å². The van der Waals surface area contributed by atoms with Gasteiger partial charge in [0, 0.05) is 19.6 Å². The molecule has 24 N–H and O–H groups in total. The second-order valence-electron chi connectivity index (χ2n) is 15.7. The van der Waals surface area contributed by atoms with Gasteiger partial charge in [0.15, 0.2) is 34.9 Å². The summed E-state index contributed by atoms with van der Waals surface area (Å²) in [6.07, 6.45) is -0.203. The van der Waals surface area contributed by atoms with E-state index in [4.69, 9.17) is 28.7 Å². The molecule has 0 spiro atoms. The third-order valence-corrected chi connectivity index (χ3v) is 10.0. The van der Waals surface area contributed by atoms with Gasteiger partial charge in [0.1, 0.15) is 24.2 Å². The third-order valence-electron chi connectivity index (χ3n) is 10.0. The van der Waals surface area contributed by atoms with Crippen molar-refractivity contribution in [1.29, 1.82) is 0 Å². The summed E-state index contributed by atoms with van der Waals surface area (Å²) >= 11 is 0. The first-order valence-corrected chi connectivity index (χ1v) is 22.3. The smallest absolute Gasteiger partial charge is 0.270 e. The minimum absolute atomic E-state index is 0.0418. The molecule has 0 saturated carbocycles. The van der Waals surface area contributed by atoms with Crippen molar-refractivity contribution in [2.45, 2.75) is 62.7 Å². The number of aliphatic hydroxyl groups excluding tert-OH is 1. The number of nitrogens with one attached hydrogen (secondary N) is 8. The minimum atomic E-state index is -1.74. The van der Waals surface area contributed by atoms with Crippen LogP contribution < -0.4 is 71.2 Å². The third kappa shape index (κ3) is 21.8. The summed E-state index contributed by atoms with van der Waals surface area (Å²) < 4.78 is 0. The number of aromatic hydroxyl groups is 4. The van der Waals surface area contributed by atoms with Gasteiger partial charge < -0.3 is 96.7 Å². The van der Waals surface area contributed by atoms with E-state index in [1.54, 1.807) is 0 Å². The molecule has 2 rings (SSSR count). The highest BCUT2D eigenvalue weighted by molar-refractivity contribution is 6.02. The first kappa shape index (κ1) is 60.9. The Hall–Kier alpha value is -9.20. The zero-order valence-electron chi connectivity index (χ0n) is 39.7. The molecule has 74 heavy (non-hydrogen) atoms. The Balaban J connectivity index is 1.84. The Morgan fingerprint density at radius 3 is 1.30 bits per heavy atom. The summed E-state index contributed by atoms with van der Waals surface area (Å²) in [6.45, 7) is -4.33. The van der Waals surface area contributed by atoms with Gasteiger partial charge >= 0.3 is 0 Å². The van der Waals surface area contributed by atoms with Crippen LogP contribution in [0.15, 0.2) is 46.4 Å². The van der Waals surface area contributed by atoms with Crippen LogP contribution in [0.25, 0.3) is 0 Å². The van der Waals surface area contributed by atoms with Gasteiger partial charge in [-0.1, -0.05) is 12.1 Å². The molecule has 0 radical (unpaired) electrons. The summed E-state index contributed by atoms with van der Waals surface area (Å²) in [4.78, 5) is 134. The highest BCUT2D eigenvalue weighted by atomic mass is 16.5. The average Bonchev–Trinajstić information content (AvgIpc) is 3.35. The number of nitrogens with two attached hydrogens (primary N) is 5. The van der Waals surface area contributed by atoms with Crippen LogP contribution in [-0.4, -0.2) is 183 Å². The normalized spacial score (nSPS) is 12.1. The monoisotopic (exact) mass is 1050 g/mol. The number of benzene rings is 2. The van der Waals surface area contributed by atoms with Crippen LogP contribution in [0.1, 0.15) is 59.2 Å². The molecular weight excluding hydrogens is 985 g/mol. The maximum absolute atomic E-state index is 13.0. The summed E-state index contributed by atoms with van der Waals surface area (Å²) in [7, 11) is 0. The lowest BCUT2D eigenvalue weighted by atomic mass is 10.1. The van der Waals surface area contributed by atoms with Crippen molar-refractivity contribution >= 4 is 71.0 Å². The van der Waals surface area contributed by atoms with E-state index >= 15 is 0 Å². The van der Waals surface area contributed by atoms with E-state index in [0.717, 1.165) is 12.1 Å². The summed E-state index contributed by atoms with van der Waals surface area (Å²) in [5, 5.41) is 77.9. The molecule has 0 aromatic heterocycles. The van der Waals surface area contributed by atoms with E-state index in [1.807, 2.05) is 0 Å². The van der Waals surface area contributed by atoms with Gasteiger partial charge in [-0.05, 0) is 62.8 Å². The van der Waals surface area contributed by atoms with E-state index in [9.17, 15) is 78.7 Å². The van der Waals surface area contributed by atoms with Gasteiger partial charge in [-0.15, -0.1) is 0 Å². The van der Waals surface area contributed by atoms with Crippen LogP contribution in [0.2, 0.25) is 0 Å². The Kier molecular flexibility index (Phi) is 25.7. The second-order valence-corrected chi connectivity index (χ2v) is 15.7. The molecule has 2 aromatic rings. The van der Waals surface area contributed by atoms with Crippen molar-refractivity contribution in [2.24, 2.45) is 38.7 Å². The molecule has 32 nitrogen and oxygen atoms in total. The number of carbonyl (C=O) groups is 10. The number of rotatable bonds is 31. The van der Waals surface area contributed by atoms with E-state index in [1.165, 1.54) is 24.3 Å². The lowest BCUT2D eigenvalue weighted by molar-refractivity contribution is -0.169. The summed E-state index contributed by atoms with van der Waals surface area (Å²) in [5.41, 5.74) is 25.9. The standard InChI is InChI=1S/C42H62N16O16/c43-35(68)23(54-31(64)18-50-29(62)16-52-38(71)24(8-3-13-48-41(44)45)56-36(69)21-6-1-11-27(60)33(21)66)10-5-15-58(74)40(73)26(20-59)55-32(65)19-51-30(63)17-53-39(72)25(9-4-14-49-42(46)47)57-37(70)22-7-2-12-28(61)34(22)67/h1-2,6-7,11-12,23-26,59-61,66-67,74H,3-5,8-10,13-20H2,(H2,43,68)(H,50,62)(H,51,63)(H,52,71)(H,53,72)(H,54,64)(H,55,65)(H,56,69)(H,57,70)(H4,44,45,48)(H4,46,47,49). The number of hydrogen-bond acceptors (Lipinski definition) is 18. The Morgan fingerprint density at radius 1 is 0.514 bits per heavy atom. The molecule has 0 aliphatic heterocycles. The zero-order valence-corrected chi connectivity index (χ0v) is 39.7. The first-order valence-electron chi connectivity index (χ1n) is 22.3. The molecular formula is C42H62N16O16. The molecule has 10 amide bonds. The highest BCUT2D eigenvalue weighted by Gasteiger charge is 2.28. The average molecular weight is 1050 g/mol. The van der Waals surface area contributed by atoms with Gasteiger partial charge in [-0.3, -0.25) is 63.1 Å². The maximum Gasteiger partial charge on any atom is 0.270 e. The molecule has 32 heteroatoms. The number of guanidine groups is 2. The van der Waals surface area contributed by atoms with Crippen LogP contribution >= 0.6 is 0 Å². The maximum atomic E-state index is 13.0. The fourth-order valence-corrected chi connectivity index (χ4v) is 6.21. The van der Waals surface area contributed by atoms with Crippen molar-refractivity contribution in [1.82, 2.24) is 47.6 Å². The number of primary amides is 1.